The number of rotatable bonds is 3. The van der Waals surface area contributed by atoms with Crippen LogP contribution in [0.4, 0.5) is 5.69 Å². The van der Waals surface area contributed by atoms with Crippen molar-refractivity contribution >= 4 is 5.69 Å². The highest BCUT2D eigenvalue weighted by Gasteiger charge is 2.11. The van der Waals surface area contributed by atoms with E-state index in [1.54, 1.807) is 0 Å². The molecule has 0 amide bonds. The van der Waals surface area contributed by atoms with E-state index in [0.29, 0.717) is 0 Å². The molecule has 0 N–H and O–H groups in total. The van der Waals surface area contributed by atoms with Gasteiger partial charge in [0, 0.05) is 19.8 Å². The molecule has 2 aromatic rings. The van der Waals surface area contributed by atoms with E-state index in [2.05, 4.69) is 77.0 Å². The van der Waals surface area contributed by atoms with Gasteiger partial charge in [-0.1, -0.05) is 35.9 Å². The van der Waals surface area contributed by atoms with Gasteiger partial charge < -0.3 is 9.47 Å². The van der Waals surface area contributed by atoms with Gasteiger partial charge in [-0.2, -0.15) is 0 Å². The number of aromatic nitrogens is 1. The van der Waals surface area contributed by atoms with Crippen molar-refractivity contribution in [1.29, 1.82) is 0 Å². The molecule has 0 saturated heterocycles. The number of aryl methyl sites for hydroxylation is 4. The zero-order chi connectivity index (χ0) is 14.9. The van der Waals surface area contributed by atoms with Gasteiger partial charge in [-0.15, -0.1) is 0 Å². The number of hydrogen-bond donors (Lipinski definition) is 0. The summed E-state index contributed by atoms with van der Waals surface area (Å²) >= 11 is 0. The molecule has 0 saturated carbocycles. The van der Waals surface area contributed by atoms with Crippen LogP contribution in [-0.2, 0) is 6.54 Å². The second kappa shape index (κ2) is 5.58. The van der Waals surface area contributed by atoms with Crippen LogP contribution in [0.3, 0.4) is 0 Å². The topological polar surface area (TPSA) is 7.12 Å². The lowest BCUT2D eigenvalue weighted by molar-refractivity contribution is -0.627. The molecule has 0 aliphatic heterocycles. The van der Waals surface area contributed by atoms with E-state index in [1.165, 1.54) is 33.8 Å². The first-order valence-electron chi connectivity index (χ1n) is 7.00. The van der Waals surface area contributed by atoms with Gasteiger partial charge in [0.15, 0.2) is 0 Å². The first-order chi connectivity index (χ1) is 9.40. The fraction of sp³-hybridized carbons (Fsp3) is 0.333. The third kappa shape index (κ3) is 2.79. The second-order valence-corrected chi connectivity index (χ2v) is 5.69. The molecule has 1 aromatic heterocycles. The summed E-state index contributed by atoms with van der Waals surface area (Å²) in [6.07, 6.45) is 0. The molecule has 0 aliphatic rings. The Hall–Kier alpha value is -1.96. The lowest BCUT2D eigenvalue weighted by atomic mass is 10.0. The highest BCUT2D eigenvalue weighted by molar-refractivity contribution is 5.59. The molecule has 2 nitrogen and oxygen atoms in total. The molecule has 0 aliphatic carbocycles. The average molecular weight is 268 g/mol. The maximum Gasteiger partial charge on any atom is 0.101 e. The Morgan fingerprint density at radius 1 is 1.05 bits per heavy atom. The Balaban J connectivity index is 2.33. The van der Waals surface area contributed by atoms with Gasteiger partial charge in [-0.05, 0) is 38.8 Å². The van der Waals surface area contributed by atoms with Crippen LogP contribution in [0.1, 0.15) is 28.1 Å². The van der Waals surface area contributed by atoms with Gasteiger partial charge in [0.1, 0.15) is 5.69 Å². The van der Waals surface area contributed by atoms with E-state index in [1.807, 2.05) is 4.57 Å². The van der Waals surface area contributed by atoms with Gasteiger partial charge in [0.2, 0.25) is 0 Å². The van der Waals surface area contributed by atoms with E-state index in [-0.39, 0.29) is 0 Å². The molecule has 0 spiro atoms. The Bertz CT molecular complexity index is 606. The highest BCUT2D eigenvalue weighted by Crippen LogP contribution is 2.26. The fourth-order valence-corrected chi connectivity index (χ4v) is 2.94. The number of pyridine rings is 1. The van der Waals surface area contributed by atoms with Crippen LogP contribution in [0.25, 0.3) is 0 Å². The molecule has 0 bridgehead atoms. The first kappa shape index (κ1) is 14.4. The molecule has 20 heavy (non-hydrogen) atoms. The third-order valence-electron chi connectivity index (χ3n) is 3.81. The van der Waals surface area contributed by atoms with Gasteiger partial charge in [-0.25, -0.2) is 0 Å². The van der Waals surface area contributed by atoms with Crippen LogP contribution < -0.4 is 9.47 Å². The van der Waals surface area contributed by atoms with Crippen molar-refractivity contribution in [2.24, 2.45) is 0 Å². The minimum atomic E-state index is 0.857. The number of hydrogen-bond acceptors (Lipinski definition) is 1. The van der Waals surface area contributed by atoms with Crippen LogP contribution in [-0.4, -0.2) is 7.05 Å². The quantitative estimate of drug-likeness (QED) is 0.610. The predicted octanol–water partition coefficient (Wildman–Crippen LogP) is 3.48. The second-order valence-electron chi connectivity index (χ2n) is 5.69. The molecule has 0 unspecified atom stereocenters. The Labute approximate surface area is 122 Å². The zero-order valence-electron chi connectivity index (χ0n) is 13.2. The summed E-state index contributed by atoms with van der Waals surface area (Å²) in [4.78, 5) is 2.31. The molecule has 0 atom stereocenters. The zero-order valence-corrected chi connectivity index (χ0v) is 13.2. The summed E-state index contributed by atoms with van der Waals surface area (Å²) in [7, 11) is 6.26. The molecule has 1 aromatic carbocycles. The molecule has 0 fully saturated rings. The van der Waals surface area contributed by atoms with Crippen LogP contribution in [0.5, 0.6) is 0 Å². The molecular formula is C18H24N2. The van der Waals surface area contributed by atoms with Crippen molar-refractivity contribution in [2.75, 3.05) is 11.9 Å². The van der Waals surface area contributed by atoms with E-state index in [9.17, 15) is 0 Å². The largest absolute Gasteiger partial charge is 0.375 e. The van der Waals surface area contributed by atoms with Gasteiger partial charge in [-0.3, -0.25) is 0 Å². The number of anilines is 1. The van der Waals surface area contributed by atoms with Gasteiger partial charge in [0.25, 0.3) is 0 Å². The summed E-state index contributed by atoms with van der Waals surface area (Å²) in [6, 6.07) is 10.8. The van der Waals surface area contributed by atoms with Crippen molar-refractivity contribution in [2.45, 2.75) is 34.2 Å². The van der Waals surface area contributed by atoms with E-state index in [0.717, 1.165) is 6.54 Å². The van der Waals surface area contributed by atoms with Crippen molar-refractivity contribution in [3.05, 3.63) is 65.5 Å². The highest BCUT2D eigenvalue weighted by atomic mass is 15.1. The molecule has 0 radical (unpaired) electrons. The maximum atomic E-state index is 4.12. The summed E-state index contributed by atoms with van der Waals surface area (Å²) < 4.78 is 2.01. The summed E-state index contributed by atoms with van der Waals surface area (Å²) in [6.45, 7) is 9.45. The summed E-state index contributed by atoms with van der Waals surface area (Å²) in [5.41, 5.74) is 7.68. The van der Waals surface area contributed by atoms with Crippen molar-refractivity contribution < 1.29 is 4.57 Å². The first-order valence-corrected chi connectivity index (χ1v) is 7.00. The van der Waals surface area contributed by atoms with Gasteiger partial charge in [0.05, 0.1) is 12.2 Å². The SMILES string of the molecule is [CH2-][n+]1c(C)cccc1CN(C)c1c(C)cc(C)cc1C. The number of benzene rings is 1. The normalized spacial score (nSPS) is 10.7. The Morgan fingerprint density at radius 2 is 1.65 bits per heavy atom. The lowest BCUT2D eigenvalue weighted by Gasteiger charge is -2.25. The lowest BCUT2D eigenvalue weighted by Crippen LogP contribution is -2.37. The summed E-state index contributed by atoms with van der Waals surface area (Å²) in [5, 5.41) is 0. The van der Waals surface area contributed by atoms with Crippen LogP contribution in [0.2, 0.25) is 0 Å². The predicted molar refractivity (Wildman–Crippen MR) is 84.9 cm³/mol. The van der Waals surface area contributed by atoms with Crippen molar-refractivity contribution in [3.63, 3.8) is 0 Å². The molecule has 106 valence electrons. The third-order valence-corrected chi connectivity index (χ3v) is 3.81. The molecular weight excluding hydrogens is 244 g/mol. The summed E-state index contributed by atoms with van der Waals surface area (Å²) in [5.74, 6) is 0. The van der Waals surface area contributed by atoms with Crippen molar-refractivity contribution in [3.8, 4) is 0 Å². The van der Waals surface area contributed by atoms with Crippen LogP contribution >= 0.6 is 0 Å². The van der Waals surface area contributed by atoms with E-state index in [4.69, 9.17) is 0 Å². The van der Waals surface area contributed by atoms with Crippen LogP contribution in [0, 0.1) is 34.7 Å². The number of nitrogens with zero attached hydrogens (tertiary/aromatic N) is 2. The minimum absolute atomic E-state index is 0.857. The van der Waals surface area contributed by atoms with Gasteiger partial charge >= 0.3 is 0 Å². The fourth-order valence-electron chi connectivity index (χ4n) is 2.94. The Morgan fingerprint density at radius 3 is 2.25 bits per heavy atom. The maximum absolute atomic E-state index is 4.12. The Kier molecular flexibility index (Phi) is 4.03. The molecule has 2 heteroatoms. The standard InChI is InChI=1S/C18H24N2/c1-13-10-14(2)18(15(3)11-13)19(5)12-17-9-7-8-16(4)20(17)6/h7-11H,6,12H2,1-5H3. The van der Waals surface area contributed by atoms with E-state index < -0.39 is 0 Å². The van der Waals surface area contributed by atoms with E-state index >= 15 is 0 Å². The van der Waals surface area contributed by atoms with Crippen molar-refractivity contribution in [1.82, 2.24) is 0 Å². The average Bonchev–Trinajstić information content (AvgIpc) is 2.33. The van der Waals surface area contributed by atoms with Crippen LogP contribution in [0.15, 0.2) is 30.3 Å². The molecule has 1 heterocycles. The molecule has 2 rings (SSSR count). The smallest absolute Gasteiger partial charge is 0.101 e. The minimum Gasteiger partial charge on any atom is -0.375 e. The monoisotopic (exact) mass is 268 g/mol.